The molecule has 0 aromatic carbocycles. The number of aryl methyl sites for hydroxylation is 2. The maximum atomic E-state index is 12.1. The van der Waals surface area contributed by atoms with Crippen molar-refractivity contribution in [2.75, 3.05) is 5.32 Å². The van der Waals surface area contributed by atoms with E-state index in [1.165, 1.54) is 6.92 Å². The fraction of sp³-hybridized carbons (Fsp3) is 0.308. The highest BCUT2D eigenvalue weighted by Gasteiger charge is 2.20. The van der Waals surface area contributed by atoms with Gasteiger partial charge in [-0.25, -0.2) is 0 Å². The predicted molar refractivity (Wildman–Crippen MR) is 71.4 cm³/mol. The van der Waals surface area contributed by atoms with Gasteiger partial charge in [0.2, 0.25) is 0 Å². The number of rotatable bonds is 3. The number of hydrogen-bond acceptors (Lipinski definition) is 3. The van der Waals surface area contributed by atoms with E-state index in [2.05, 4.69) is 15.4 Å². The first kappa shape index (κ1) is 13.1. The predicted octanol–water partition coefficient (Wildman–Crippen LogP) is 1.82. The van der Waals surface area contributed by atoms with Crippen molar-refractivity contribution in [2.45, 2.75) is 20.8 Å². The molecule has 0 fully saturated rings. The topological polar surface area (TPSA) is 79.8 Å². The van der Waals surface area contributed by atoms with Gasteiger partial charge in [0.15, 0.2) is 11.6 Å². The van der Waals surface area contributed by atoms with Gasteiger partial charge in [0.05, 0.1) is 0 Å². The van der Waals surface area contributed by atoms with Gasteiger partial charge < -0.3 is 10.3 Å². The van der Waals surface area contributed by atoms with Crippen molar-refractivity contribution in [1.29, 1.82) is 0 Å². The Kier molecular flexibility index (Phi) is 3.25. The molecule has 1 amide bonds. The monoisotopic (exact) mass is 260 g/mol. The molecular weight excluding hydrogens is 244 g/mol. The molecule has 0 atom stereocenters. The summed E-state index contributed by atoms with van der Waals surface area (Å²) in [6.45, 7) is 5.03. The molecule has 0 unspecified atom stereocenters. The summed E-state index contributed by atoms with van der Waals surface area (Å²) in [5.41, 5.74) is 2.34. The van der Waals surface area contributed by atoms with Crippen LogP contribution in [0.25, 0.3) is 0 Å². The minimum absolute atomic E-state index is 0.0527. The van der Waals surface area contributed by atoms with Crippen molar-refractivity contribution in [3.8, 4) is 0 Å². The van der Waals surface area contributed by atoms with Gasteiger partial charge in [0.1, 0.15) is 5.69 Å². The first-order chi connectivity index (χ1) is 8.90. The van der Waals surface area contributed by atoms with Crippen LogP contribution in [0.4, 0.5) is 5.82 Å². The zero-order valence-corrected chi connectivity index (χ0v) is 11.4. The van der Waals surface area contributed by atoms with Crippen LogP contribution in [0.1, 0.15) is 39.0 Å². The van der Waals surface area contributed by atoms with E-state index >= 15 is 0 Å². The summed E-state index contributed by atoms with van der Waals surface area (Å²) in [5.74, 6) is 0.124. The average Bonchev–Trinajstić information content (AvgIpc) is 2.82. The number of ketones is 1. The standard InChI is InChI=1S/C13H16N4O2/c1-7-11(9(3)18)8(2)14-12(7)13(19)15-10-5-6-17(4)16-10/h5-6,14H,1-4H3,(H,15,16,19). The quantitative estimate of drug-likeness (QED) is 0.826. The van der Waals surface area contributed by atoms with Crippen LogP contribution in [-0.4, -0.2) is 26.5 Å². The Morgan fingerprint density at radius 1 is 1.37 bits per heavy atom. The molecule has 0 aliphatic heterocycles. The normalized spacial score (nSPS) is 10.5. The van der Waals surface area contributed by atoms with Crippen LogP contribution < -0.4 is 5.32 Å². The van der Waals surface area contributed by atoms with Crippen LogP contribution >= 0.6 is 0 Å². The number of anilines is 1. The fourth-order valence-electron chi connectivity index (χ4n) is 2.17. The highest BCUT2D eigenvalue weighted by molar-refractivity contribution is 6.07. The fourth-order valence-corrected chi connectivity index (χ4v) is 2.17. The Morgan fingerprint density at radius 2 is 2.05 bits per heavy atom. The number of aromatic amines is 1. The average molecular weight is 260 g/mol. The molecule has 2 rings (SSSR count). The largest absolute Gasteiger partial charge is 0.354 e. The number of carbonyl (C=O) groups excluding carboxylic acids is 2. The third-order valence-electron chi connectivity index (χ3n) is 2.97. The van der Waals surface area contributed by atoms with Crippen LogP contribution in [-0.2, 0) is 7.05 Å². The Labute approximate surface area is 110 Å². The Morgan fingerprint density at radius 3 is 2.53 bits per heavy atom. The van der Waals surface area contributed by atoms with Gasteiger partial charge in [0, 0.05) is 30.6 Å². The van der Waals surface area contributed by atoms with E-state index in [4.69, 9.17) is 0 Å². The number of amides is 1. The lowest BCUT2D eigenvalue weighted by Crippen LogP contribution is -2.14. The molecule has 0 bridgehead atoms. The van der Waals surface area contributed by atoms with E-state index in [-0.39, 0.29) is 11.7 Å². The van der Waals surface area contributed by atoms with Crippen LogP contribution in [0, 0.1) is 13.8 Å². The highest BCUT2D eigenvalue weighted by atomic mass is 16.2. The van der Waals surface area contributed by atoms with Gasteiger partial charge in [-0.3, -0.25) is 14.3 Å². The molecule has 0 spiro atoms. The third kappa shape index (κ3) is 2.42. The second-order valence-electron chi connectivity index (χ2n) is 4.51. The first-order valence-electron chi connectivity index (χ1n) is 5.91. The number of aromatic nitrogens is 3. The van der Waals surface area contributed by atoms with Crippen molar-refractivity contribution in [3.63, 3.8) is 0 Å². The van der Waals surface area contributed by atoms with E-state index in [0.717, 1.165) is 0 Å². The Bertz CT molecular complexity index is 652. The number of nitrogens with one attached hydrogen (secondary N) is 2. The number of nitrogens with zero attached hydrogens (tertiary/aromatic N) is 2. The van der Waals surface area contributed by atoms with Crippen LogP contribution in [0.2, 0.25) is 0 Å². The minimum Gasteiger partial charge on any atom is -0.354 e. The molecule has 2 heterocycles. The number of Topliss-reactive ketones (excluding diaryl/α,β-unsaturated/α-hetero) is 1. The summed E-state index contributed by atoms with van der Waals surface area (Å²) in [6.07, 6.45) is 1.74. The van der Waals surface area contributed by atoms with Gasteiger partial charge in [-0.05, 0) is 26.3 Å². The van der Waals surface area contributed by atoms with Crippen molar-refractivity contribution in [1.82, 2.24) is 14.8 Å². The van der Waals surface area contributed by atoms with Crippen LogP contribution in [0.5, 0.6) is 0 Å². The van der Waals surface area contributed by atoms with Gasteiger partial charge in [-0.15, -0.1) is 0 Å². The Hall–Kier alpha value is -2.37. The smallest absolute Gasteiger partial charge is 0.273 e. The van der Waals surface area contributed by atoms with Crippen LogP contribution in [0.3, 0.4) is 0 Å². The van der Waals surface area contributed by atoms with Gasteiger partial charge in [0.25, 0.3) is 5.91 Å². The summed E-state index contributed by atoms with van der Waals surface area (Å²) >= 11 is 0. The maximum absolute atomic E-state index is 12.1. The zero-order valence-electron chi connectivity index (χ0n) is 11.4. The van der Waals surface area contributed by atoms with Crippen molar-refractivity contribution in [2.24, 2.45) is 7.05 Å². The molecule has 6 nitrogen and oxygen atoms in total. The molecular formula is C13H16N4O2. The molecule has 0 saturated heterocycles. The summed E-state index contributed by atoms with van der Waals surface area (Å²) in [5, 5.41) is 6.76. The lowest BCUT2D eigenvalue weighted by atomic mass is 10.1. The molecule has 6 heteroatoms. The van der Waals surface area contributed by atoms with Gasteiger partial charge in [-0.1, -0.05) is 0 Å². The molecule has 0 saturated carbocycles. The molecule has 100 valence electrons. The highest BCUT2D eigenvalue weighted by Crippen LogP contribution is 2.19. The summed E-state index contributed by atoms with van der Waals surface area (Å²) in [4.78, 5) is 26.6. The van der Waals surface area contributed by atoms with E-state index in [0.29, 0.717) is 28.3 Å². The molecule has 2 N–H and O–H groups in total. The van der Waals surface area contributed by atoms with E-state index < -0.39 is 0 Å². The SMILES string of the molecule is CC(=O)c1c(C)[nH]c(C(=O)Nc2ccn(C)n2)c1C. The summed E-state index contributed by atoms with van der Waals surface area (Å²) in [7, 11) is 1.77. The maximum Gasteiger partial charge on any atom is 0.273 e. The number of carbonyl (C=O) groups is 2. The van der Waals surface area contributed by atoms with Crippen molar-refractivity contribution >= 4 is 17.5 Å². The first-order valence-corrected chi connectivity index (χ1v) is 5.91. The second kappa shape index (κ2) is 4.72. The molecule has 0 radical (unpaired) electrons. The van der Waals surface area contributed by atoms with E-state index in [1.807, 2.05) is 0 Å². The molecule has 0 aliphatic carbocycles. The number of hydrogen-bond donors (Lipinski definition) is 2. The van der Waals surface area contributed by atoms with Crippen LogP contribution in [0.15, 0.2) is 12.3 Å². The summed E-state index contributed by atoms with van der Waals surface area (Å²) in [6, 6.07) is 1.70. The summed E-state index contributed by atoms with van der Waals surface area (Å²) < 4.78 is 1.60. The third-order valence-corrected chi connectivity index (χ3v) is 2.97. The van der Waals surface area contributed by atoms with Gasteiger partial charge >= 0.3 is 0 Å². The van der Waals surface area contributed by atoms with E-state index in [1.54, 1.807) is 37.8 Å². The lowest BCUT2D eigenvalue weighted by molar-refractivity contribution is 0.101. The lowest BCUT2D eigenvalue weighted by Gasteiger charge is -2.01. The van der Waals surface area contributed by atoms with Crippen molar-refractivity contribution in [3.05, 3.63) is 34.8 Å². The van der Waals surface area contributed by atoms with Crippen molar-refractivity contribution < 1.29 is 9.59 Å². The molecule has 0 aliphatic rings. The van der Waals surface area contributed by atoms with Gasteiger partial charge in [-0.2, -0.15) is 5.10 Å². The zero-order chi connectivity index (χ0) is 14.2. The minimum atomic E-state index is -0.299. The molecule has 2 aromatic rings. The molecule has 2 aromatic heterocycles. The Balaban J connectivity index is 2.29. The van der Waals surface area contributed by atoms with E-state index in [9.17, 15) is 9.59 Å². The second-order valence-corrected chi connectivity index (χ2v) is 4.51. The molecule has 19 heavy (non-hydrogen) atoms. The number of H-pyrrole nitrogens is 1.